The van der Waals surface area contributed by atoms with Gasteiger partial charge in [-0.15, -0.1) is 0 Å². The molecule has 3 aliphatic heterocycles. The van der Waals surface area contributed by atoms with E-state index in [1.807, 2.05) is 0 Å². The van der Waals surface area contributed by atoms with E-state index in [2.05, 4.69) is 21.7 Å². The summed E-state index contributed by atoms with van der Waals surface area (Å²) in [6.45, 7) is 7.28. The molecule has 0 aromatic rings. The predicted octanol–water partition coefficient (Wildman–Crippen LogP) is 1.73. The van der Waals surface area contributed by atoms with Gasteiger partial charge in [0.05, 0.1) is 23.7 Å². The molecule has 4 aliphatic rings. The van der Waals surface area contributed by atoms with Crippen LogP contribution in [0.1, 0.15) is 51.4 Å². The van der Waals surface area contributed by atoms with Gasteiger partial charge in [0.1, 0.15) is 0 Å². The molecule has 6 heteroatoms. The van der Waals surface area contributed by atoms with E-state index >= 15 is 0 Å². The number of piperazine rings is 1. The first-order valence-corrected chi connectivity index (χ1v) is 10.9. The van der Waals surface area contributed by atoms with Crippen molar-refractivity contribution in [1.82, 2.24) is 14.7 Å². The van der Waals surface area contributed by atoms with Gasteiger partial charge < -0.3 is 19.3 Å². The third-order valence-corrected chi connectivity index (χ3v) is 7.47. The van der Waals surface area contributed by atoms with Gasteiger partial charge >= 0.3 is 0 Å². The minimum atomic E-state index is -0.176. The largest absolute Gasteiger partial charge is 0.378 e. The number of likely N-dealkylation sites (tertiary alicyclic amines) is 1. The molecule has 0 bridgehead atoms. The Morgan fingerprint density at radius 3 is 2.52 bits per heavy atom. The third kappa shape index (κ3) is 4.34. The molecule has 2 atom stereocenters. The van der Waals surface area contributed by atoms with E-state index in [0.29, 0.717) is 12.5 Å². The van der Waals surface area contributed by atoms with Crippen LogP contribution >= 0.6 is 0 Å². The van der Waals surface area contributed by atoms with Crippen LogP contribution in [0.4, 0.5) is 0 Å². The zero-order valence-electron chi connectivity index (χ0n) is 17.3. The van der Waals surface area contributed by atoms with Crippen LogP contribution in [0.15, 0.2) is 0 Å². The van der Waals surface area contributed by atoms with Gasteiger partial charge in [0.15, 0.2) is 0 Å². The zero-order chi connectivity index (χ0) is 18.9. The first-order valence-electron chi connectivity index (χ1n) is 10.9. The molecule has 1 aliphatic carbocycles. The van der Waals surface area contributed by atoms with Gasteiger partial charge in [-0.3, -0.25) is 9.69 Å². The Balaban J connectivity index is 1.29. The van der Waals surface area contributed by atoms with E-state index in [1.165, 1.54) is 12.8 Å². The van der Waals surface area contributed by atoms with E-state index in [1.54, 1.807) is 7.11 Å². The van der Waals surface area contributed by atoms with Crippen molar-refractivity contribution >= 4 is 5.91 Å². The molecule has 0 aromatic carbocycles. The second kappa shape index (κ2) is 7.97. The van der Waals surface area contributed by atoms with Gasteiger partial charge in [0, 0.05) is 52.9 Å². The topological polar surface area (TPSA) is 45.2 Å². The van der Waals surface area contributed by atoms with E-state index in [-0.39, 0.29) is 17.1 Å². The first-order chi connectivity index (χ1) is 13.0. The van der Waals surface area contributed by atoms with Crippen LogP contribution in [0.25, 0.3) is 0 Å². The van der Waals surface area contributed by atoms with Crippen LogP contribution < -0.4 is 0 Å². The Labute approximate surface area is 164 Å². The molecule has 4 fully saturated rings. The molecule has 154 valence electrons. The highest BCUT2D eigenvalue weighted by molar-refractivity contribution is 5.78. The molecule has 4 rings (SSSR count). The fourth-order valence-electron chi connectivity index (χ4n) is 5.34. The van der Waals surface area contributed by atoms with Crippen LogP contribution in [0.2, 0.25) is 0 Å². The fraction of sp³-hybridized carbons (Fsp3) is 0.952. The van der Waals surface area contributed by atoms with Crippen molar-refractivity contribution in [2.24, 2.45) is 0 Å². The van der Waals surface area contributed by atoms with Gasteiger partial charge in [-0.2, -0.15) is 0 Å². The number of hydrogen-bond acceptors (Lipinski definition) is 5. The summed E-state index contributed by atoms with van der Waals surface area (Å²) in [5.41, 5.74) is -0.269. The lowest BCUT2D eigenvalue weighted by atomic mass is 9.77. The van der Waals surface area contributed by atoms with E-state index < -0.39 is 0 Å². The fourth-order valence-corrected chi connectivity index (χ4v) is 5.34. The Morgan fingerprint density at radius 1 is 1.07 bits per heavy atom. The summed E-state index contributed by atoms with van der Waals surface area (Å²) < 4.78 is 12.3. The van der Waals surface area contributed by atoms with Gasteiger partial charge in [-0.05, 0) is 52.0 Å². The molecular formula is C21H37N3O3. The lowest BCUT2D eigenvalue weighted by Crippen LogP contribution is -2.51. The maximum atomic E-state index is 12.8. The number of carbonyl (C=O) groups excluding carboxylic acids is 1. The van der Waals surface area contributed by atoms with E-state index in [4.69, 9.17) is 9.47 Å². The summed E-state index contributed by atoms with van der Waals surface area (Å²) >= 11 is 0. The van der Waals surface area contributed by atoms with Crippen LogP contribution in [0, 0.1) is 0 Å². The summed E-state index contributed by atoms with van der Waals surface area (Å²) in [6.07, 6.45) is 8.59. The van der Waals surface area contributed by atoms with Crippen molar-refractivity contribution in [2.75, 3.05) is 60.0 Å². The smallest absolute Gasteiger partial charge is 0.225 e. The van der Waals surface area contributed by atoms with Crippen LogP contribution in [0.5, 0.6) is 0 Å². The maximum Gasteiger partial charge on any atom is 0.225 e. The Kier molecular flexibility index (Phi) is 5.79. The first kappa shape index (κ1) is 19.6. The van der Waals surface area contributed by atoms with Gasteiger partial charge in [0.2, 0.25) is 5.91 Å². The molecule has 0 aromatic heterocycles. The van der Waals surface area contributed by atoms with Crippen molar-refractivity contribution in [2.45, 2.75) is 68.7 Å². The van der Waals surface area contributed by atoms with Crippen LogP contribution in [-0.2, 0) is 14.3 Å². The molecule has 0 unspecified atom stereocenters. The molecule has 3 heterocycles. The summed E-state index contributed by atoms with van der Waals surface area (Å²) in [6, 6.07) is 0. The standard InChI is InChI=1S/C21H37N3O3/c1-22-11-13-23(14-12-22)16-18-5-3-6-21(27-18)9-10-24(17-21)19(25)15-20(26-2)7-4-8-20/h18H,3-17H2,1-2H3/t18-,21-/m1/s1. The lowest BCUT2D eigenvalue weighted by Gasteiger charge is -2.42. The Morgan fingerprint density at radius 2 is 1.85 bits per heavy atom. The summed E-state index contributed by atoms with van der Waals surface area (Å²) in [7, 11) is 3.95. The second-order valence-electron chi connectivity index (χ2n) is 9.40. The van der Waals surface area contributed by atoms with Gasteiger partial charge in [-0.1, -0.05) is 0 Å². The highest BCUT2D eigenvalue weighted by atomic mass is 16.5. The monoisotopic (exact) mass is 379 g/mol. The number of rotatable bonds is 5. The molecule has 1 spiro atoms. The van der Waals surface area contributed by atoms with Gasteiger partial charge in [-0.25, -0.2) is 0 Å². The lowest BCUT2D eigenvalue weighted by molar-refractivity contribution is -0.149. The number of carbonyl (C=O) groups is 1. The number of amides is 1. The summed E-state index contributed by atoms with van der Waals surface area (Å²) in [5, 5.41) is 0. The van der Waals surface area contributed by atoms with Crippen LogP contribution in [-0.4, -0.2) is 97.9 Å². The Bertz CT molecular complexity index is 525. The number of likely N-dealkylation sites (N-methyl/N-ethyl adjacent to an activating group) is 1. The SMILES string of the molecule is COC1(CC(=O)N2CC[C@]3(CCC[C@H](CN4CCN(C)CC4)O3)C2)CCC1. The van der Waals surface area contributed by atoms with E-state index in [0.717, 1.165) is 77.9 Å². The molecule has 0 N–H and O–H groups in total. The molecule has 0 radical (unpaired) electrons. The average Bonchev–Trinajstić information content (AvgIpc) is 3.03. The molecule has 3 saturated heterocycles. The van der Waals surface area contributed by atoms with Crippen molar-refractivity contribution in [3.8, 4) is 0 Å². The van der Waals surface area contributed by atoms with Crippen molar-refractivity contribution in [1.29, 1.82) is 0 Å². The molecule has 1 saturated carbocycles. The Hall–Kier alpha value is -0.690. The highest BCUT2D eigenvalue weighted by Gasteiger charge is 2.47. The molecule has 27 heavy (non-hydrogen) atoms. The predicted molar refractivity (Wildman–Crippen MR) is 105 cm³/mol. The quantitative estimate of drug-likeness (QED) is 0.728. The van der Waals surface area contributed by atoms with Crippen LogP contribution in [0.3, 0.4) is 0 Å². The summed E-state index contributed by atoms with van der Waals surface area (Å²) in [4.78, 5) is 19.9. The highest BCUT2D eigenvalue weighted by Crippen LogP contribution is 2.41. The number of nitrogens with zero attached hydrogens (tertiary/aromatic N) is 3. The van der Waals surface area contributed by atoms with Crippen molar-refractivity contribution in [3.05, 3.63) is 0 Å². The normalized spacial score (nSPS) is 34.7. The number of methoxy groups -OCH3 is 1. The summed E-state index contributed by atoms with van der Waals surface area (Å²) in [5.74, 6) is 0.262. The third-order valence-electron chi connectivity index (χ3n) is 7.47. The maximum absolute atomic E-state index is 12.8. The van der Waals surface area contributed by atoms with E-state index in [9.17, 15) is 4.79 Å². The van der Waals surface area contributed by atoms with Gasteiger partial charge in [0.25, 0.3) is 0 Å². The average molecular weight is 380 g/mol. The number of hydrogen-bond donors (Lipinski definition) is 0. The molecular weight excluding hydrogens is 342 g/mol. The number of ether oxygens (including phenoxy) is 2. The molecule has 1 amide bonds. The molecule has 6 nitrogen and oxygen atoms in total. The zero-order valence-corrected chi connectivity index (χ0v) is 17.3. The second-order valence-corrected chi connectivity index (χ2v) is 9.40. The minimum absolute atomic E-state index is 0.0923. The van der Waals surface area contributed by atoms with Crippen molar-refractivity contribution in [3.63, 3.8) is 0 Å². The van der Waals surface area contributed by atoms with Crippen molar-refractivity contribution < 1.29 is 14.3 Å². The minimum Gasteiger partial charge on any atom is -0.378 e.